The van der Waals surface area contributed by atoms with Gasteiger partial charge < -0.3 is 4.57 Å². The average molecular weight is 443 g/mol. The number of nitro groups is 1. The van der Waals surface area contributed by atoms with Crippen molar-refractivity contribution in [1.29, 1.82) is 0 Å². The minimum atomic E-state index is -0.595. The fourth-order valence-electron chi connectivity index (χ4n) is 3.06. The summed E-state index contributed by atoms with van der Waals surface area (Å²) >= 11 is 12.0. The molecule has 0 bridgehead atoms. The van der Waals surface area contributed by atoms with Crippen molar-refractivity contribution >= 4 is 52.5 Å². The molecule has 0 atom stereocenters. The second-order valence-corrected chi connectivity index (χ2v) is 7.22. The molecule has 8 nitrogen and oxygen atoms in total. The number of amides is 2. The Bertz CT molecular complexity index is 1210. The van der Waals surface area contributed by atoms with E-state index in [0.29, 0.717) is 27.1 Å². The van der Waals surface area contributed by atoms with Gasteiger partial charge in [-0.2, -0.15) is 0 Å². The summed E-state index contributed by atoms with van der Waals surface area (Å²) in [5.74, 6) is -1.17. The van der Waals surface area contributed by atoms with Gasteiger partial charge in [-0.05, 0) is 42.5 Å². The van der Waals surface area contributed by atoms with E-state index in [4.69, 9.17) is 23.2 Å². The molecule has 1 N–H and O–H groups in total. The molecule has 1 aliphatic rings. The van der Waals surface area contributed by atoms with Gasteiger partial charge >= 0.3 is 0 Å². The largest absolute Gasteiger partial charge is 0.317 e. The van der Waals surface area contributed by atoms with Gasteiger partial charge in [-0.3, -0.25) is 25.1 Å². The fraction of sp³-hybridized carbons (Fsp3) is 0. The van der Waals surface area contributed by atoms with Crippen LogP contribution in [0.1, 0.15) is 5.69 Å². The van der Waals surface area contributed by atoms with Crippen LogP contribution in [0.4, 0.5) is 11.4 Å². The standard InChI is InChI=1S/C20H12Cl2N4O4/c21-12-7-13(22)9-17(8-12)25-20(28)18(19(27)23-25)11-15-5-2-6-24(15)14-3-1-4-16(10-14)26(29)30/h1-11H,(H,23,27)/b18-11+. The summed E-state index contributed by atoms with van der Waals surface area (Å²) in [6.07, 6.45) is 3.10. The number of hydrogen-bond acceptors (Lipinski definition) is 4. The van der Waals surface area contributed by atoms with Crippen molar-refractivity contribution in [3.05, 3.63) is 92.2 Å². The lowest BCUT2D eigenvalue weighted by Gasteiger charge is -2.15. The van der Waals surface area contributed by atoms with Crippen molar-refractivity contribution in [2.24, 2.45) is 0 Å². The minimum absolute atomic E-state index is 0.0708. The molecule has 0 saturated carbocycles. The Morgan fingerprint density at radius 2 is 1.70 bits per heavy atom. The zero-order valence-corrected chi connectivity index (χ0v) is 16.6. The first-order valence-corrected chi connectivity index (χ1v) is 9.34. The zero-order valence-electron chi connectivity index (χ0n) is 15.1. The summed E-state index contributed by atoms with van der Waals surface area (Å²) in [6.45, 7) is 0. The fourth-order valence-corrected chi connectivity index (χ4v) is 3.57. The van der Waals surface area contributed by atoms with Gasteiger partial charge in [-0.1, -0.05) is 29.3 Å². The van der Waals surface area contributed by atoms with Crippen LogP contribution in [0.25, 0.3) is 11.8 Å². The van der Waals surface area contributed by atoms with Crippen LogP contribution >= 0.6 is 23.2 Å². The van der Waals surface area contributed by atoms with E-state index in [2.05, 4.69) is 5.43 Å². The minimum Gasteiger partial charge on any atom is -0.317 e. The number of hydrazine groups is 1. The summed E-state index contributed by atoms with van der Waals surface area (Å²) in [5, 5.41) is 12.7. The molecule has 4 rings (SSSR count). The van der Waals surface area contributed by atoms with Gasteiger partial charge in [0.1, 0.15) is 5.57 Å². The molecular formula is C20H12Cl2N4O4. The Morgan fingerprint density at radius 3 is 2.40 bits per heavy atom. The molecule has 2 heterocycles. The van der Waals surface area contributed by atoms with E-state index in [1.807, 2.05) is 0 Å². The number of hydrogen-bond donors (Lipinski definition) is 1. The monoisotopic (exact) mass is 442 g/mol. The van der Waals surface area contributed by atoms with Crippen molar-refractivity contribution in [1.82, 2.24) is 9.99 Å². The summed E-state index contributed by atoms with van der Waals surface area (Å²) in [5.41, 5.74) is 3.65. The molecule has 0 aliphatic carbocycles. The van der Waals surface area contributed by atoms with Crippen LogP contribution < -0.4 is 10.4 Å². The molecule has 0 spiro atoms. The first-order valence-electron chi connectivity index (χ1n) is 8.59. The molecule has 3 aromatic rings. The third-order valence-corrected chi connectivity index (χ3v) is 4.82. The number of nitrogens with one attached hydrogen (secondary N) is 1. The van der Waals surface area contributed by atoms with Crippen LogP contribution in [0.2, 0.25) is 10.0 Å². The number of nitrogens with zero attached hydrogens (tertiary/aromatic N) is 3. The van der Waals surface area contributed by atoms with Crippen LogP contribution in [-0.2, 0) is 9.59 Å². The normalized spacial score (nSPS) is 15.0. The van der Waals surface area contributed by atoms with E-state index < -0.39 is 16.7 Å². The van der Waals surface area contributed by atoms with Gasteiger partial charge in [-0.15, -0.1) is 0 Å². The quantitative estimate of drug-likeness (QED) is 0.284. The van der Waals surface area contributed by atoms with Crippen molar-refractivity contribution in [3.8, 4) is 5.69 Å². The number of non-ortho nitro benzene ring substituents is 1. The third-order valence-electron chi connectivity index (χ3n) is 4.39. The number of nitro benzene ring substituents is 1. The number of rotatable bonds is 4. The van der Waals surface area contributed by atoms with E-state index in [1.54, 1.807) is 35.0 Å². The maximum absolute atomic E-state index is 12.8. The first kappa shape index (κ1) is 19.7. The summed E-state index contributed by atoms with van der Waals surface area (Å²) in [6, 6.07) is 13.9. The molecule has 0 radical (unpaired) electrons. The average Bonchev–Trinajstić information content (AvgIpc) is 3.27. The van der Waals surface area contributed by atoms with E-state index in [0.717, 1.165) is 5.01 Å². The number of halogens is 2. The highest BCUT2D eigenvalue weighted by molar-refractivity contribution is 6.36. The lowest BCUT2D eigenvalue weighted by atomic mass is 10.2. The Kier molecular flexibility index (Phi) is 5.03. The van der Waals surface area contributed by atoms with Gasteiger partial charge in [0.2, 0.25) is 0 Å². The highest BCUT2D eigenvalue weighted by Crippen LogP contribution is 2.28. The number of anilines is 1. The zero-order chi connectivity index (χ0) is 21.4. The Balaban J connectivity index is 1.70. The molecule has 150 valence electrons. The molecular weight excluding hydrogens is 431 g/mol. The Morgan fingerprint density at radius 1 is 0.967 bits per heavy atom. The number of carbonyl (C=O) groups excluding carboxylic acids is 2. The molecule has 1 saturated heterocycles. The van der Waals surface area contributed by atoms with Crippen molar-refractivity contribution < 1.29 is 14.5 Å². The summed E-state index contributed by atoms with van der Waals surface area (Å²) in [7, 11) is 0. The lowest BCUT2D eigenvalue weighted by molar-refractivity contribution is -0.384. The highest BCUT2D eigenvalue weighted by atomic mass is 35.5. The van der Waals surface area contributed by atoms with E-state index >= 15 is 0 Å². The Labute approximate surface area is 180 Å². The van der Waals surface area contributed by atoms with Gasteiger partial charge in [0, 0.05) is 34.1 Å². The second-order valence-electron chi connectivity index (χ2n) is 6.35. The molecule has 1 aliphatic heterocycles. The number of benzene rings is 2. The molecule has 30 heavy (non-hydrogen) atoms. The van der Waals surface area contributed by atoms with Crippen LogP contribution in [0.3, 0.4) is 0 Å². The van der Waals surface area contributed by atoms with Crippen LogP contribution in [0.15, 0.2) is 66.4 Å². The SMILES string of the molecule is O=C1NN(c2cc(Cl)cc(Cl)c2)C(=O)/C1=C/c1cccn1-c1cccc([N+](=O)[O-])c1. The van der Waals surface area contributed by atoms with E-state index in [9.17, 15) is 19.7 Å². The molecule has 10 heteroatoms. The maximum atomic E-state index is 12.8. The van der Waals surface area contributed by atoms with Crippen LogP contribution in [-0.4, -0.2) is 21.3 Å². The third kappa shape index (κ3) is 3.66. The first-order chi connectivity index (χ1) is 14.3. The molecule has 1 aromatic heterocycles. The van der Waals surface area contributed by atoms with Gasteiger partial charge in [-0.25, -0.2) is 5.01 Å². The van der Waals surface area contributed by atoms with Gasteiger partial charge in [0.05, 0.1) is 16.3 Å². The van der Waals surface area contributed by atoms with Crippen molar-refractivity contribution in [2.75, 3.05) is 5.01 Å². The van der Waals surface area contributed by atoms with Gasteiger partial charge in [0.15, 0.2) is 0 Å². The smallest absolute Gasteiger partial charge is 0.282 e. The Hall–Kier alpha value is -3.62. The summed E-state index contributed by atoms with van der Waals surface area (Å²) < 4.78 is 1.64. The van der Waals surface area contributed by atoms with Crippen LogP contribution in [0.5, 0.6) is 0 Å². The summed E-state index contributed by atoms with van der Waals surface area (Å²) in [4.78, 5) is 35.9. The van der Waals surface area contributed by atoms with Crippen molar-refractivity contribution in [2.45, 2.75) is 0 Å². The van der Waals surface area contributed by atoms with Gasteiger partial charge in [0.25, 0.3) is 17.5 Å². The molecule has 1 fully saturated rings. The van der Waals surface area contributed by atoms with E-state index in [-0.39, 0.29) is 11.3 Å². The van der Waals surface area contributed by atoms with Crippen LogP contribution in [0, 0.1) is 10.1 Å². The second kappa shape index (κ2) is 7.66. The molecule has 2 amide bonds. The highest BCUT2D eigenvalue weighted by Gasteiger charge is 2.35. The molecule has 0 unspecified atom stereocenters. The maximum Gasteiger partial charge on any atom is 0.282 e. The molecule has 2 aromatic carbocycles. The van der Waals surface area contributed by atoms with E-state index in [1.165, 1.54) is 36.4 Å². The predicted octanol–water partition coefficient (Wildman–Crippen LogP) is 4.15. The predicted molar refractivity (Wildman–Crippen MR) is 112 cm³/mol. The number of aromatic nitrogens is 1. The van der Waals surface area contributed by atoms with Crippen molar-refractivity contribution in [3.63, 3.8) is 0 Å². The topological polar surface area (TPSA) is 97.5 Å². The number of carbonyl (C=O) groups is 2. The lowest BCUT2D eigenvalue weighted by Crippen LogP contribution is -2.35.